The molecule has 5 nitrogen and oxygen atoms in total. The number of rotatable bonds is 7. The highest BCUT2D eigenvalue weighted by Crippen LogP contribution is 2.26. The number of H-pyrrole nitrogens is 1. The molecule has 0 saturated heterocycles. The van der Waals surface area contributed by atoms with Gasteiger partial charge in [0.2, 0.25) is 0 Å². The Morgan fingerprint density at radius 2 is 1.93 bits per heavy atom. The number of carbonyl (C=O) groups is 1. The van der Waals surface area contributed by atoms with E-state index in [4.69, 9.17) is 9.47 Å². The largest absolute Gasteiger partial charge is 0.497 e. The number of amides is 1. The molecule has 0 bridgehead atoms. The molecule has 0 saturated carbocycles. The van der Waals surface area contributed by atoms with Gasteiger partial charge in [0.25, 0.3) is 5.91 Å². The van der Waals surface area contributed by atoms with Gasteiger partial charge in [0, 0.05) is 23.2 Å². The predicted molar refractivity (Wildman–Crippen MR) is 113 cm³/mol. The van der Waals surface area contributed by atoms with Gasteiger partial charge >= 0.3 is 0 Å². The molecule has 2 N–H and O–H groups in total. The number of aromatic nitrogens is 1. The second-order valence-electron chi connectivity index (χ2n) is 7.19. The first kappa shape index (κ1) is 19.8. The molecule has 1 unspecified atom stereocenters. The standard InChI is InChI=1S/C23H28N2O3/c1-14(9-10-17-11-12-18(27-4)13-21(17)28-5)24-23(26)20-8-6-7-19-15(2)16(3)25-22(19)20/h6-8,11-14,25H,9-10H2,1-5H3,(H,24,26). The monoisotopic (exact) mass is 380 g/mol. The van der Waals surface area contributed by atoms with Crippen LogP contribution in [0.25, 0.3) is 10.9 Å². The average molecular weight is 380 g/mol. The number of carbonyl (C=O) groups excluding carboxylic acids is 1. The summed E-state index contributed by atoms with van der Waals surface area (Å²) in [5.41, 5.74) is 4.96. The zero-order valence-corrected chi connectivity index (χ0v) is 17.2. The smallest absolute Gasteiger partial charge is 0.253 e. The van der Waals surface area contributed by atoms with Crippen molar-refractivity contribution in [3.05, 3.63) is 58.8 Å². The first-order chi connectivity index (χ1) is 13.4. The number of fused-ring (bicyclic) bond motifs is 1. The summed E-state index contributed by atoms with van der Waals surface area (Å²) in [4.78, 5) is 16.2. The Kier molecular flexibility index (Phi) is 5.93. The maximum Gasteiger partial charge on any atom is 0.253 e. The van der Waals surface area contributed by atoms with Crippen molar-refractivity contribution < 1.29 is 14.3 Å². The summed E-state index contributed by atoms with van der Waals surface area (Å²) in [6.45, 7) is 6.13. The lowest BCUT2D eigenvalue weighted by Crippen LogP contribution is -2.33. The molecule has 1 aromatic heterocycles. The van der Waals surface area contributed by atoms with Gasteiger partial charge in [-0.1, -0.05) is 18.2 Å². The van der Waals surface area contributed by atoms with Crippen molar-refractivity contribution in [1.82, 2.24) is 10.3 Å². The minimum atomic E-state index is -0.0546. The van der Waals surface area contributed by atoms with Crippen molar-refractivity contribution in [2.45, 2.75) is 39.7 Å². The van der Waals surface area contributed by atoms with E-state index in [0.717, 1.165) is 46.5 Å². The topological polar surface area (TPSA) is 63.3 Å². The van der Waals surface area contributed by atoms with E-state index in [0.29, 0.717) is 5.56 Å². The minimum Gasteiger partial charge on any atom is -0.497 e. The summed E-state index contributed by atoms with van der Waals surface area (Å²) in [7, 11) is 3.30. The number of para-hydroxylation sites is 1. The maximum atomic E-state index is 12.8. The number of hydrogen-bond acceptors (Lipinski definition) is 3. The predicted octanol–water partition coefficient (Wildman–Crippen LogP) is 4.55. The van der Waals surface area contributed by atoms with Gasteiger partial charge in [0.1, 0.15) is 11.5 Å². The van der Waals surface area contributed by atoms with Gasteiger partial charge in [-0.05, 0) is 56.9 Å². The molecule has 0 radical (unpaired) electrons. The summed E-state index contributed by atoms with van der Waals surface area (Å²) in [5, 5.41) is 4.22. The molecule has 0 aliphatic rings. The molecule has 2 aromatic carbocycles. The summed E-state index contributed by atoms with van der Waals surface area (Å²) in [6, 6.07) is 11.7. The fourth-order valence-electron chi connectivity index (χ4n) is 3.48. The van der Waals surface area contributed by atoms with Crippen molar-refractivity contribution >= 4 is 16.8 Å². The molecule has 0 spiro atoms. The molecule has 1 heterocycles. The van der Waals surface area contributed by atoms with Crippen LogP contribution in [-0.2, 0) is 6.42 Å². The van der Waals surface area contributed by atoms with Gasteiger partial charge < -0.3 is 19.8 Å². The molecule has 3 rings (SSSR count). The second kappa shape index (κ2) is 8.38. The van der Waals surface area contributed by atoms with Gasteiger partial charge in [-0.15, -0.1) is 0 Å². The Morgan fingerprint density at radius 1 is 1.14 bits per heavy atom. The van der Waals surface area contributed by atoms with Gasteiger partial charge in [0.05, 0.1) is 25.3 Å². The SMILES string of the molecule is COc1ccc(CCC(C)NC(=O)c2cccc3c(C)c(C)[nH]c23)c(OC)c1. The van der Waals surface area contributed by atoms with E-state index in [9.17, 15) is 4.79 Å². The lowest BCUT2D eigenvalue weighted by atomic mass is 10.0. The van der Waals surface area contributed by atoms with E-state index < -0.39 is 0 Å². The Labute approximate surface area is 166 Å². The third-order valence-corrected chi connectivity index (χ3v) is 5.31. The summed E-state index contributed by atoms with van der Waals surface area (Å²) in [6.07, 6.45) is 1.62. The van der Waals surface area contributed by atoms with Crippen molar-refractivity contribution in [2.24, 2.45) is 0 Å². The molecule has 0 aliphatic heterocycles. The summed E-state index contributed by atoms with van der Waals surface area (Å²) < 4.78 is 10.7. The molecule has 28 heavy (non-hydrogen) atoms. The normalized spacial score (nSPS) is 12.0. The minimum absolute atomic E-state index is 0.0340. The van der Waals surface area contributed by atoms with Crippen LogP contribution in [0.2, 0.25) is 0 Å². The summed E-state index contributed by atoms with van der Waals surface area (Å²) in [5.74, 6) is 1.52. The highest BCUT2D eigenvalue weighted by molar-refractivity contribution is 6.06. The Hall–Kier alpha value is -2.95. The molecule has 0 fully saturated rings. The third-order valence-electron chi connectivity index (χ3n) is 5.31. The molecule has 1 atom stereocenters. The number of methoxy groups -OCH3 is 2. The van der Waals surface area contributed by atoms with Crippen LogP contribution in [0.4, 0.5) is 0 Å². The Morgan fingerprint density at radius 3 is 2.64 bits per heavy atom. The first-order valence-electron chi connectivity index (χ1n) is 9.54. The van der Waals surface area contributed by atoms with Crippen LogP contribution in [0.1, 0.15) is 40.5 Å². The fourth-order valence-corrected chi connectivity index (χ4v) is 3.48. The molecule has 0 aliphatic carbocycles. The number of nitrogens with one attached hydrogen (secondary N) is 2. The molecule has 1 amide bonds. The Balaban J connectivity index is 1.68. The zero-order valence-electron chi connectivity index (χ0n) is 17.2. The van der Waals surface area contributed by atoms with Gasteiger partial charge in [0.15, 0.2) is 0 Å². The van der Waals surface area contributed by atoms with Crippen LogP contribution in [0.15, 0.2) is 36.4 Å². The highest BCUT2D eigenvalue weighted by Gasteiger charge is 2.16. The van der Waals surface area contributed by atoms with E-state index in [1.165, 1.54) is 5.56 Å². The van der Waals surface area contributed by atoms with Crippen molar-refractivity contribution in [3.8, 4) is 11.5 Å². The van der Waals surface area contributed by atoms with Crippen LogP contribution in [0, 0.1) is 13.8 Å². The van der Waals surface area contributed by atoms with E-state index in [1.54, 1.807) is 14.2 Å². The zero-order chi connectivity index (χ0) is 20.3. The van der Waals surface area contributed by atoms with Crippen LogP contribution >= 0.6 is 0 Å². The number of hydrogen-bond donors (Lipinski definition) is 2. The summed E-state index contributed by atoms with van der Waals surface area (Å²) >= 11 is 0. The second-order valence-corrected chi connectivity index (χ2v) is 7.19. The number of ether oxygens (including phenoxy) is 2. The average Bonchev–Trinajstić information content (AvgIpc) is 3.00. The lowest BCUT2D eigenvalue weighted by molar-refractivity contribution is 0.0940. The van der Waals surface area contributed by atoms with E-state index in [2.05, 4.69) is 17.2 Å². The van der Waals surface area contributed by atoms with Crippen LogP contribution in [-0.4, -0.2) is 31.2 Å². The van der Waals surface area contributed by atoms with Gasteiger partial charge in [-0.25, -0.2) is 0 Å². The molecular weight excluding hydrogens is 352 g/mol. The van der Waals surface area contributed by atoms with Crippen LogP contribution in [0.5, 0.6) is 11.5 Å². The van der Waals surface area contributed by atoms with Crippen molar-refractivity contribution in [2.75, 3.05) is 14.2 Å². The fraction of sp³-hybridized carbons (Fsp3) is 0.348. The van der Waals surface area contributed by atoms with Crippen molar-refractivity contribution in [3.63, 3.8) is 0 Å². The Bertz CT molecular complexity index is 991. The van der Waals surface area contributed by atoms with Gasteiger partial charge in [-0.3, -0.25) is 4.79 Å². The number of benzene rings is 2. The molecule has 5 heteroatoms. The lowest BCUT2D eigenvalue weighted by Gasteiger charge is -2.16. The maximum absolute atomic E-state index is 12.8. The van der Waals surface area contributed by atoms with Crippen molar-refractivity contribution in [1.29, 1.82) is 0 Å². The van der Waals surface area contributed by atoms with Gasteiger partial charge in [-0.2, -0.15) is 0 Å². The number of aryl methyl sites for hydroxylation is 3. The number of aromatic amines is 1. The van der Waals surface area contributed by atoms with E-state index in [-0.39, 0.29) is 11.9 Å². The van der Waals surface area contributed by atoms with E-state index in [1.807, 2.05) is 50.2 Å². The quantitative estimate of drug-likeness (QED) is 0.632. The van der Waals surface area contributed by atoms with Crippen LogP contribution in [0.3, 0.4) is 0 Å². The first-order valence-corrected chi connectivity index (χ1v) is 9.54. The highest BCUT2D eigenvalue weighted by atomic mass is 16.5. The third kappa shape index (κ3) is 3.98. The van der Waals surface area contributed by atoms with Crippen LogP contribution < -0.4 is 14.8 Å². The molecule has 3 aromatic rings. The molecular formula is C23H28N2O3. The van der Waals surface area contributed by atoms with E-state index >= 15 is 0 Å². The molecule has 148 valence electrons.